The normalized spacial score (nSPS) is 11.3. The molecule has 2 nitrogen and oxygen atoms in total. The van der Waals surface area contributed by atoms with E-state index in [1.807, 2.05) is 35.7 Å². The minimum Gasteiger partial charge on any atom is -0.235 e. The third-order valence-electron chi connectivity index (χ3n) is 3.67. The summed E-state index contributed by atoms with van der Waals surface area (Å²) in [5, 5.41) is 12.8. The minimum atomic E-state index is 0.540. The van der Waals surface area contributed by atoms with Gasteiger partial charge in [-0.3, -0.25) is 0 Å². The van der Waals surface area contributed by atoms with E-state index in [4.69, 9.17) is 11.6 Å². The highest BCUT2D eigenvalue weighted by Crippen LogP contribution is 2.27. The van der Waals surface area contributed by atoms with Crippen molar-refractivity contribution in [2.45, 2.75) is 13.3 Å². The van der Waals surface area contributed by atoms with E-state index >= 15 is 0 Å². The molecular formula is C20H15ClN2S. The number of rotatable bonds is 4. The summed E-state index contributed by atoms with van der Waals surface area (Å²) in [7, 11) is 0. The summed E-state index contributed by atoms with van der Waals surface area (Å²) in [6, 6.07) is 18.0. The predicted octanol–water partition coefficient (Wildman–Crippen LogP) is 6.09. The minimum absolute atomic E-state index is 0.540. The third-order valence-corrected chi connectivity index (χ3v) is 4.78. The van der Waals surface area contributed by atoms with E-state index in [-0.39, 0.29) is 0 Å². The van der Waals surface area contributed by atoms with E-state index in [0.717, 1.165) is 23.2 Å². The maximum Gasteiger partial charge on any atom is 0.134 e. The Bertz CT molecular complexity index is 917. The molecule has 0 amide bonds. The molecule has 0 fully saturated rings. The van der Waals surface area contributed by atoms with Crippen molar-refractivity contribution in [1.82, 2.24) is 4.98 Å². The van der Waals surface area contributed by atoms with E-state index in [1.165, 1.54) is 16.9 Å². The molecule has 0 N–H and O–H groups in total. The van der Waals surface area contributed by atoms with Crippen molar-refractivity contribution in [3.05, 3.63) is 75.1 Å². The molecule has 3 rings (SSSR count). The molecular weight excluding hydrogens is 336 g/mol. The van der Waals surface area contributed by atoms with E-state index in [0.29, 0.717) is 15.6 Å². The van der Waals surface area contributed by atoms with E-state index in [1.54, 1.807) is 0 Å². The summed E-state index contributed by atoms with van der Waals surface area (Å²) >= 11 is 7.48. The first-order valence-corrected chi connectivity index (χ1v) is 8.88. The Balaban J connectivity index is 1.91. The Labute approximate surface area is 150 Å². The van der Waals surface area contributed by atoms with Crippen molar-refractivity contribution in [2.75, 3.05) is 0 Å². The van der Waals surface area contributed by atoms with Gasteiger partial charge in [-0.1, -0.05) is 54.9 Å². The zero-order chi connectivity index (χ0) is 16.9. The first kappa shape index (κ1) is 16.4. The Kier molecular flexibility index (Phi) is 5.10. The van der Waals surface area contributed by atoms with Crippen LogP contribution in [0.1, 0.15) is 23.1 Å². The van der Waals surface area contributed by atoms with Crippen molar-refractivity contribution < 1.29 is 0 Å². The van der Waals surface area contributed by atoms with Gasteiger partial charge in [0.15, 0.2) is 0 Å². The molecule has 0 aliphatic carbocycles. The van der Waals surface area contributed by atoms with Crippen LogP contribution in [0.2, 0.25) is 5.02 Å². The first-order chi connectivity index (χ1) is 11.7. The fourth-order valence-corrected chi connectivity index (χ4v) is 3.34. The highest BCUT2D eigenvalue weighted by atomic mass is 35.5. The van der Waals surface area contributed by atoms with Crippen molar-refractivity contribution >= 4 is 34.6 Å². The number of halogens is 1. The average molecular weight is 351 g/mol. The number of thiazole rings is 1. The SMILES string of the molecule is CCc1ccc(-c2csc(/C(C#N)=C/c3cccc(Cl)c3)n2)cc1. The van der Waals surface area contributed by atoms with Gasteiger partial charge in [0.25, 0.3) is 0 Å². The topological polar surface area (TPSA) is 36.7 Å². The number of allylic oxidation sites excluding steroid dienone is 1. The summed E-state index contributed by atoms with van der Waals surface area (Å²) in [6.45, 7) is 2.13. The quantitative estimate of drug-likeness (QED) is 0.534. The molecule has 0 saturated heterocycles. The van der Waals surface area contributed by atoms with Crippen LogP contribution in [0.15, 0.2) is 53.9 Å². The van der Waals surface area contributed by atoms with Gasteiger partial charge < -0.3 is 0 Å². The molecule has 0 aliphatic heterocycles. The molecule has 0 radical (unpaired) electrons. The predicted molar refractivity (Wildman–Crippen MR) is 102 cm³/mol. The van der Waals surface area contributed by atoms with E-state index in [2.05, 4.69) is 42.2 Å². The highest BCUT2D eigenvalue weighted by molar-refractivity contribution is 7.11. The molecule has 24 heavy (non-hydrogen) atoms. The van der Waals surface area contributed by atoms with Crippen LogP contribution in [0.4, 0.5) is 0 Å². The Morgan fingerprint density at radius 1 is 1.25 bits per heavy atom. The van der Waals surface area contributed by atoms with Crippen LogP contribution >= 0.6 is 22.9 Å². The number of nitriles is 1. The summed E-state index contributed by atoms with van der Waals surface area (Å²) in [5.41, 5.74) is 4.69. The van der Waals surface area contributed by atoms with Gasteiger partial charge in [-0.2, -0.15) is 5.26 Å². The lowest BCUT2D eigenvalue weighted by Crippen LogP contribution is -1.84. The highest BCUT2D eigenvalue weighted by Gasteiger charge is 2.09. The van der Waals surface area contributed by atoms with Crippen LogP contribution in [0.25, 0.3) is 22.9 Å². The molecule has 118 valence electrons. The molecule has 1 heterocycles. The van der Waals surface area contributed by atoms with Gasteiger partial charge >= 0.3 is 0 Å². The number of nitrogens with zero attached hydrogens (tertiary/aromatic N) is 2. The third kappa shape index (κ3) is 3.73. The summed E-state index contributed by atoms with van der Waals surface area (Å²) in [5.74, 6) is 0. The Hall–Kier alpha value is -2.41. The lowest BCUT2D eigenvalue weighted by molar-refractivity contribution is 1.14. The number of aryl methyl sites for hydroxylation is 1. The maximum absolute atomic E-state index is 9.47. The first-order valence-electron chi connectivity index (χ1n) is 7.62. The van der Waals surface area contributed by atoms with Crippen molar-refractivity contribution in [1.29, 1.82) is 5.26 Å². The number of hydrogen-bond donors (Lipinski definition) is 0. The molecule has 0 bridgehead atoms. The lowest BCUT2D eigenvalue weighted by atomic mass is 10.1. The Morgan fingerprint density at radius 2 is 2.04 bits per heavy atom. The van der Waals surface area contributed by atoms with Crippen molar-refractivity contribution in [3.8, 4) is 17.3 Å². The van der Waals surface area contributed by atoms with Gasteiger partial charge in [0, 0.05) is 16.0 Å². The van der Waals surface area contributed by atoms with Crippen LogP contribution in [0.3, 0.4) is 0 Å². The van der Waals surface area contributed by atoms with Crippen LogP contribution < -0.4 is 0 Å². The molecule has 0 aliphatic rings. The van der Waals surface area contributed by atoms with Crippen molar-refractivity contribution in [2.24, 2.45) is 0 Å². The van der Waals surface area contributed by atoms with E-state index in [9.17, 15) is 5.26 Å². The number of aromatic nitrogens is 1. The summed E-state index contributed by atoms with van der Waals surface area (Å²) in [4.78, 5) is 4.62. The number of hydrogen-bond acceptors (Lipinski definition) is 3. The molecule has 3 aromatic rings. The van der Waals surface area contributed by atoms with Gasteiger partial charge in [0.1, 0.15) is 11.1 Å². The Morgan fingerprint density at radius 3 is 2.71 bits per heavy atom. The molecule has 0 spiro atoms. The molecule has 2 aromatic carbocycles. The van der Waals surface area contributed by atoms with Crippen LogP contribution in [-0.4, -0.2) is 4.98 Å². The van der Waals surface area contributed by atoms with Crippen LogP contribution in [0.5, 0.6) is 0 Å². The zero-order valence-electron chi connectivity index (χ0n) is 13.2. The van der Waals surface area contributed by atoms with Gasteiger partial charge in [0.2, 0.25) is 0 Å². The molecule has 0 unspecified atom stereocenters. The second-order valence-electron chi connectivity index (χ2n) is 5.31. The smallest absolute Gasteiger partial charge is 0.134 e. The van der Waals surface area contributed by atoms with Gasteiger partial charge in [-0.05, 0) is 35.8 Å². The maximum atomic E-state index is 9.47. The largest absolute Gasteiger partial charge is 0.235 e. The van der Waals surface area contributed by atoms with Crippen LogP contribution in [0, 0.1) is 11.3 Å². The monoisotopic (exact) mass is 350 g/mol. The van der Waals surface area contributed by atoms with Crippen molar-refractivity contribution in [3.63, 3.8) is 0 Å². The molecule has 0 saturated carbocycles. The van der Waals surface area contributed by atoms with Gasteiger partial charge in [-0.15, -0.1) is 11.3 Å². The number of benzene rings is 2. The van der Waals surface area contributed by atoms with Crippen LogP contribution in [-0.2, 0) is 6.42 Å². The zero-order valence-corrected chi connectivity index (χ0v) is 14.7. The average Bonchev–Trinajstić information content (AvgIpc) is 3.10. The van der Waals surface area contributed by atoms with E-state index < -0.39 is 0 Å². The molecule has 4 heteroatoms. The fraction of sp³-hybridized carbons (Fsp3) is 0.100. The lowest BCUT2D eigenvalue weighted by Gasteiger charge is -1.99. The summed E-state index contributed by atoms with van der Waals surface area (Å²) < 4.78 is 0. The van der Waals surface area contributed by atoms with Gasteiger partial charge in [0.05, 0.1) is 11.3 Å². The summed E-state index contributed by atoms with van der Waals surface area (Å²) in [6.07, 6.45) is 2.83. The second-order valence-corrected chi connectivity index (χ2v) is 6.61. The fourth-order valence-electron chi connectivity index (χ4n) is 2.35. The second kappa shape index (κ2) is 7.44. The molecule has 0 atom stereocenters. The standard InChI is InChI=1S/C20H15ClN2S/c1-2-14-6-8-16(9-7-14)19-13-24-20(23-19)17(12-22)10-15-4-3-5-18(21)11-15/h3-11,13H,2H2,1H3/b17-10+. The van der Waals surface area contributed by atoms with Gasteiger partial charge in [-0.25, -0.2) is 4.98 Å². The molecule has 1 aromatic heterocycles.